The Labute approximate surface area is 102 Å². The normalized spacial score (nSPS) is 12.7. The molecule has 0 aliphatic rings. The van der Waals surface area contributed by atoms with E-state index in [1.165, 1.54) is 25.1 Å². The highest BCUT2D eigenvalue weighted by Gasteiger charge is 2.34. The third-order valence-electron chi connectivity index (χ3n) is 2.00. The Morgan fingerprint density at radius 3 is 2.56 bits per heavy atom. The van der Waals surface area contributed by atoms with Crippen LogP contribution in [-0.4, -0.2) is 12.3 Å². The van der Waals surface area contributed by atoms with Crippen molar-refractivity contribution in [3.05, 3.63) is 42.5 Å². The van der Waals surface area contributed by atoms with Crippen molar-refractivity contribution in [2.24, 2.45) is 0 Å². The number of carbonyl (C=O) groups is 1. The molecule has 0 saturated carbocycles. The molecule has 0 amide bonds. The first-order valence-electron chi connectivity index (χ1n) is 5.02. The second-order valence-corrected chi connectivity index (χ2v) is 3.40. The van der Waals surface area contributed by atoms with E-state index in [2.05, 4.69) is 16.1 Å². The fourth-order valence-corrected chi connectivity index (χ4v) is 1.10. The highest BCUT2D eigenvalue weighted by atomic mass is 19.4. The van der Waals surface area contributed by atoms with Gasteiger partial charge in [-0.2, -0.15) is 13.2 Å². The van der Waals surface area contributed by atoms with Gasteiger partial charge in [-0.1, -0.05) is 24.8 Å². The van der Waals surface area contributed by atoms with E-state index >= 15 is 0 Å². The molecule has 1 aromatic carbocycles. The predicted octanol–water partition coefficient (Wildman–Crippen LogP) is 3.80. The maximum Gasteiger partial charge on any atom is 0.514 e. The lowest BCUT2D eigenvalue weighted by molar-refractivity contribution is -0.138. The van der Waals surface area contributed by atoms with E-state index in [4.69, 9.17) is 0 Å². The lowest BCUT2D eigenvalue weighted by Crippen LogP contribution is -2.18. The van der Waals surface area contributed by atoms with Gasteiger partial charge in [0.25, 0.3) is 0 Å². The van der Waals surface area contributed by atoms with Gasteiger partial charge in [-0.25, -0.2) is 4.79 Å². The third kappa shape index (κ3) is 3.80. The summed E-state index contributed by atoms with van der Waals surface area (Å²) in [6, 6.07) is 4.39. The van der Waals surface area contributed by atoms with Crippen LogP contribution in [0, 0.1) is 0 Å². The molecule has 0 fully saturated rings. The van der Waals surface area contributed by atoms with Gasteiger partial charge in [0.05, 0.1) is 5.56 Å². The van der Waals surface area contributed by atoms with Gasteiger partial charge in [-0.15, -0.1) is 0 Å². The fraction of sp³-hybridized carbons (Fsp3) is 0.250. The smallest absolute Gasteiger partial charge is 0.427 e. The number of halogens is 3. The summed E-state index contributed by atoms with van der Waals surface area (Å²) in [4.78, 5) is 11.2. The Bertz CT molecular complexity index is 440. The number of carbonyl (C=O) groups excluding carboxylic acids is 1. The molecule has 3 nitrogen and oxygen atoms in total. The van der Waals surface area contributed by atoms with Crippen LogP contribution in [0.2, 0.25) is 0 Å². The first-order chi connectivity index (χ1) is 8.34. The Balaban J connectivity index is 2.85. The molecule has 0 aliphatic carbocycles. The topological polar surface area (TPSA) is 35.5 Å². The van der Waals surface area contributed by atoms with Crippen molar-refractivity contribution in [2.45, 2.75) is 19.2 Å². The molecule has 0 radical (unpaired) electrons. The Morgan fingerprint density at radius 2 is 2.00 bits per heavy atom. The van der Waals surface area contributed by atoms with Crippen LogP contribution in [0.5, 0.6) is 5.75 Å². The van der Waals surface area contributed by atoms with Crippen LogP contribution >= 0.6 is 0 Å². The van der Waals surface area contributed by atoms with E-state index < -0.39 is 29.7 Å². The highest BCUT2D eigenvalue weighted by molar-refractivity contribution is 5.65. The van der Waals surface area contributed by atoms with Gasteiger partial charge in [-0.05, 0) is 19.1 Å². The number of ether oxygens (including phenoxy) is 2. The Kier molecular flexibility index (Phi) is 4.36. The average Bonchev–Trinajstić information content (AvgIpc) is 2.27. The average molecular weight is 260 g/mol. The van der Waals surface area contributed by atoms with Crippen molar-refractivity contribution in [3.8, 4) is 5.75 Å². The molecule has 1 aromatic rings. The summed E-state index contributed by atoms with van der Waals surface area (Å²) in [7, 11) is 0. The number of hydrogen-bond acceptors (Lipinski definition) is 3. The second-order valence-electron chi connectivity index (χ2n) is 3.40. The minimum absolute atomic E-state index is 0.591. The van der Waals surface area contributed by atoms with E-state index in [0.717, 1.165) is 12.1 Å². The van der Waals surface area contributed by atoms with Crippen LogP contribution in [-0.2, 0) is 10.9 Å². The molecule has 0 heterocycles. The van der Waals surface area contributed by atoms with E-state index in [1.54, 1.807) is 0 Å². The quantitative estimate of drug-likeness (QED) is 0.471. The van der Waals surface area contributed by atoms with Crippen molar-refractivity contribution in [1.29, 1.82) is 0 Å². The summed E-state index contributed by atoms with van der Waals surface area (Å²) < 4.78 is 46.9. The zero-order valence-electron chi connectivity index (χ0n) is 9.53. The van der Waals surface area contributed by atoms with Crippen LogP contribution in [0.25, 0.3) is 0 Å². The molecule has 0 aliphatic heterocycles. The first kappa shape index (κ1) is 14.1. The Hall–Kier alpha value is -1.98. The number of benzene rings is 1. The van der Waals surface area contributed by atoms with Gasteiger partial charge in [0, 0.05) is 0 Å². The van der Waals surface area contributed by atoms with Gasteiger partial charge in [0.2, 0.25) is 0 Å². The molecule has 0 spiro atoms. The maximum absolute atomic E-state index is 12.6. The molecule has 98 valence electrons. The SMILES string of the molecule is C=CC(C)OC(=O)Oc1ccccc1C(F)(F)F. The van der Waals surface area contributed by atoms with E-state index in [-0.39, 0.29) is 0 Å². The summed E-state index contributed by atoms with van der Waals surface area (Å²) in [5.41, 5.74) is -1.03. The third-order valence-corrected chi connectivity index (χ3v) is 2.00. The first-order valence-corrected chi connectivity index (χ1v) is 5.02. The van der Waals surface area contributed by atoms with Crippen LogP contribution in [0.15, 0.2) is 36.9 Å². The zero-order valence-corrected chi connectivity index (χ0v) is 9.53. The molecule has 6 heteroatoms. The van der Waals surface area contributed by atoms with Crippen LogP contribution in [0.3, 0.4) is 0 Å². The van der Waals surface area contributed by atoms with Crippen LogP contribution in [0.1, 0.15) is 12.5 Å². The maximum atomic E-state index is 12.6. The molecular formula is C12H11F3O3. The number of alkyl halides is 3. The molecule has 0 bridgehead atoms. The number of para-hydroxylation sites is 1. The largest absolute Gasteiger partial charge is 0.514 e. The van der Waals surface area contributed by atoms with Gasteiger partial charge in [0.1, 0.15) is 11.9 Å². The predicted molar refractivity (Wildman–Crippen MR) is 58.2 cm³/mol. The van der Waals surface area contributed by atoms with Crippen molar-refractivity contribution in [1.82, 2.24) is 0 Å². The van der Waals surface area contributed by atoms with Crippen LogP contribution in [0.4, 0.5) is 18.0 Å². The summed E-state index contributed by atoms with van der Waals surface area (Å²) in [6.07, 6.45) is -5.13. The van der Waals surface area contributed by atoms with Crippen molar-refractivity contribution < 1.29 is 27.4 Å². The summed E-state index contributed by atoms with van der Waals surface area (Å²) in [5, 5.41) is 0. The van der Waals surface area contributed by atoms with Gasteiger partial charge >= 0.3 is 12.3 Å². The molecule has 0 aromatic heterocycles. The minimum atomic E-state index is -4.60. The summed E-state index contributed by atoms with van der Waals surface area (Å²) >= 11 is 0. The zero-order chi connectivity index (χ0) is 13.8. The summed E-state index contributed by atoms with van der Waals surface area (Å²) in [6.45, 7) is 4.87. The van der Waals surface area contributed by atoms with Crippen molar-refractivity contribution in [3.63, 3.8) is 0 Å². The molecule has 1 rings (SSSR count). The standard InChI is InChI=1S/C12H11F3O3/c1-3-8(2)17-11(16)18-10-7-5-4-6-9(10)12(13,14)15/h3-8H,1H2,2H3. The minimum Gasteiger partial charge on any atom is -0.427 e. The Morgan fingerprint density at radius 1 is 1.39 bits per heavy atom. The molecule has 0 saturated heterocycles. The van der Waals surface area contributed by atoms with Gasteiger partial charge in [0.15, 0.2) is 0 Å². The second kappa shape index (κ2) is 5.57. The molecule has 1 atom stereocenters. The van der Waals surface area contributed by atoms with E-state index in [0.29, 0.717) is 0 Å². The number of rotatable bonds is 3. The van der Waals surface area contributed by atoms with Crippen molar-refractivity contribution >= 4 is 6.16 Å². The lowest BCUT2D eigenvalue weighted by atomic mass is 10.2. The molecular weight excluding hydrogens is 249 g/mol. The summed E-state index contributed by atoms with van der Waals surface area (Å²) in [5.74, 6) is -0.591. The number of hydrogen-bond donors (Lipinski definition) is 0. The molecule has 18 heavy (non-hydrogen) atoms. The molecule has 1 unspecified atom stereocenters. The van der Waals surface area contributed by atoms with E-state index in [9.17, 15) is 18.0 Å². The van der Waals surface area contributed by atoms with Crippen molar-refractivity contribution in [2.75, 3.05) is 0 Å². The van der Waals surface area contributed by atoms with Crippen LogP contribution < -0.4 is 4.74 Å². The van der Waals surface area contributed by atoms with Gasteiger partial charge < -0.3 is 9.47 Å². The van der Waals surface area contributed by atoms with E-state index in [1.807, 2.05) is 0 Å². The monoisotopic (exact) mass is 260 g/mol. The highest BCUT2D eigenvalue weighted by Crippen LogP contribution is 2.35. The molecule has 0 N–H and O–H groups in total. The van der Waals surface area contributed by atoms with Gasteiger partial charge in [-0.3, -0.25) is 0 Å². The fourth-order valence-electron chi connectivity index (χ4n) is 1.10. The lowest BCUT2D eigenvalue weighted by Gasteiger charge is -2.13.